The lowest BCUT2D eigenvalue weighted by molar-refractivity contribution is -0.119. The summed E-state index contributed by atoms with van der Waals surface area (Å²) in [6, 6.07) is 14.3. The number of amides is 2. The molecule has 0 aromatic heterocycles. The van der Waals surface area contributed by atoms with Gasteiger partial charge in [-0.2, -0.15) is 0 Å². The van der Waals surface area contributed by atoms with Gasteiger partial charge in [0.1, 0.15) is 12.8 Å². The van der Waals surface area contributed by atoms with Crippen molar-refractivity contribution in [1.82, 2.24) is 16.0 Å². The molecule has 0 spiro atoms. The molecule has 2 aromatic rings. The minimum absolute atomic E-state index is 0.0347. The number of ether oxygens (including phenoxy) is 1. The minimum Gasteiger partial charge on any atom is -0.445 e. The van der Waals surface area contributed by atoms with Crippen molar-refractivity contribution in [2.24, 2.45) is 5.92 Å². The first-order valence-electron chi connectivity index (χ1n) is 14.4. The third-order valence-electron chi connectivity index (χ3n) is 6.60. The maximum absolute atomic E-state index is 13.5. The first kappa shape index (κ1) is 36.7. The van der Waals surface area contributed by atoms with Crippen molar-refractivity contribution in [2.75, 3.05) is 19.8 Å². The van der Waals surface area contributed by atoms with Crippen LogP contribution in [0.25, 0.3) is 0 Å². The van der Waals surface area contributed by atoms with E-state index in [0.717, 1.165) is 5.56 Å². The Morgan fingerprint density at radius 1 is 0.977 bits per heavy atom. The number of aliphatic hydroxyl groups excluding tert-OH is 2. The monoisotopic (exact) mass is 641 g/mol. The number of hydrogen-bond donors (Lipinski definition) is 5. The second kappa shape index (κ2) is 19.0. The van der Waals surface area contributed by atoms with Crippen molar-refractivity contribution in [3.8, 4) is 0 Å². The van der Waals surface area contributed by atoms with Gasteiger partial charge >= 0.3 is 13.7 Å². The van der Waals surface area contributed by atoms with Gasteiger partial charge in [-0.05, 0) is 62.3 Å². The van der Waals surface area contributed by atoms with E-state index in [1.807, 2.05) is 37.3 Å². The van der Waals surface area contributed by atoms with Gasteiger partial charge < -0.3 is 34.6 Å². The van der Waals surface area contributed by atoms with Gasteiger partial charge in [-0.1, -0.05) is 61.0 Å². The van der Waals surface area contributed by atoms with Crippen molar-refractivity contribution in [2.45, 2.75) is 77.7 Å². The molecule has 5 atom stereocenters. The van der Waals surface area contributed by atoms with Crippen molar-refractivity contribution in [3.63, 3.8) is 0 Å². The molecule has 0 radical (unpaired) electrons. The zero-order chi connectivity index (χ0) is 31.8. The van der Waals surface area contributed by atoms with Crippen LogP contribution in [-0.2, 0) is 36.2 Å². The molecule has 43 heavy (non-hydrogen) atoms. The average Bonchev–Trinajstić information content (AvgIpc) is 2.95. The summed E-state index contributed by atoms with van der Waals surface area (Å²) in [5.41, 5.74) is 1.53. The number of carbonyl (C=O) groups excluding carboxylic acids is 2. The summed E-state index contributed by atoms with van der Waals surface area (Å²) in [5, 5.41) is 31.7. The third kappa shape index (κ3) is 13.4. The molecule has 0 saturated carbocycles. The van der Waals surface area contributed by atoms with Gasteiger partial charge in [-0.3, -0.25) is 14.7 Å². The van der Waals surface area contributed by atoms with Crippen LogP contribution in [0.4, 0.5) is 4.79 Å². The van der Waals surface area contributed by atoms with Crippen LogP contribution in [0.2, 0.25) is 5.02 Å². The lowest BCUT2D eigenvalue weighted by Gasteiger charge is -2.34. The Labute approximate surface area is 259 Å². The smallest absolute Gasteiger partial charge is 0.407 e. The Balaban J connectivity index is 2.26. The molecule has 0 bridgehead atoms. The highest BCUT2D eigenvalue weighted by Crippen LogP contribution is 2.53. The van der Waals surface area contributed by atoms with E-state index in [0.29, 0.717) is 23.6 Å². The van der Waals surface area contributed by atoms with E-state index >= 15 is 0 Å². The summed E-state index contributed by atoms with van der Waals surface area (Å²) in [4.78, 5) is 24.1. The molecule has 5 N–H and O–H groups in total. The highest BCUT2D eigenvalue weighted by Gasteiger charge is 2.41. The van der Waals surface area contributed by atoms with Crippen LogP contribution in [0.15, 0.2) is 54.6 Å². The van der Waals surface area contributed by atoms with E-state index in [1.54, 1.807) is 38.1 Å². The topological polar surface area (TPSA) is 155 Å². The van der Waals surface area contributed by atoms with Gasteiger partial charge in [0.05, 0.1) is 19.3 Å². The number of aliphatic hydroxyl groups is 2. The molecule has 240 valence electrons. The maximum Gasteiger partial charge on any atom is 0.407 e. The fourth-order valence-electron chi connectivity index (χ4n) is 4.51. The van der Waals surface area contributed by atoms with Crippen LogP contribution in [0.1, 0.15) is 51.7 Å². The zero-order valence-electron chi connectivity index (χ0n) is 25.2. The molecular formula is C30H45ClN3O8P. The normalized spacial score (nSPS) is 15.1. The molecule has 11 nitrogen and oxygen atoms in total. The zero-order valence-corrected chi connectivity index (χ0v) is 26.9. The quantitative estimate of drug-likeness (QED) is 0.109. The number of benzene rings is 2. The number of carbonyl (C=O) groups is 2. The average molecular weight is 642 g/mol. The second-order valence-electron chi connectivity index (χ2n) is 10.3. The van der Waals surface area contributed by atoms with Gasteiger partial charge in [0.15, 0.2) is 5.85 Å². The molecule has 0 fully saturated rings. The summed E-state index contributed by atoms with van der Waals surface area (Å²) in [6.07, 6.45) is -1.14. The molecule has 0 aliphatic heterocycles. The van der Waals surface area contributed by atoms with Crippen molar-refractivity contribution >= 4 is 31.2 Å². The lowest BCUT2D eigenvalue weighted by atomic mass is 9.97. The SMILES string of the molecule is CCOP(=O)(OCC)C(O)[C@H](CC(C)CCNC(C)=O)NC(O)[C@H](Cc1ccccc1)NC(=O)OCc1cccc(Cl)c1. The highest BCUT2D eigenvalue weighted by atomic mass is 35.5. The van der Waals surface area contributed by atoms with E-state index in [2.05, 4.69) is 16.0 Å². The van der Waals surface area contributed by atoms with Crippen LogP contribution in [0.5, 0.6) is 0 Å². The van der Waals surface area contributed by atoms with Gasteiger partial charge in [-0.25, -0.2) is 4.79 Å². The second-order valence-corrected chi connectivity index (χ2v) is 12.8. The molecule has 13 heteroatoms. The molecule has 0 aliphatic rings. The van der Waals surface area contributed by atoms with E-state index in [-0.39, 0.29) is 44.5 Å². The van der Waals surface area contributed by atoms with Gasteiger partial charge in [-0.15, -0.1) is 0 Å². The maximum atomic E-state index is 13.5. The summed E-state index contributed by atoms with van der Waals surface area (Å²) < 4.78 is 29.7. The van der Waals surface area contributed by atoms with E-state index < -0.39 is 37.8 Å². The molecule has 2 amide bonds. The van der Waals surface area contributed by atoms with Crippen LogP contribution >= 0.6 is 19.2 Å². The number of nitrogens with one attached hydrogen (secondary N) is 3. The van der Waals surface area contributed by atoms with Gasteiger partial charge in [0.25, 0.3) is 0 Å². The first-order valence-corrected chi connectivity index (χ1v) is 16.4. The predicted octanol–water partition coefficient (Wildman–Crippen LogP) is 4.59. The van der Waals surface area contributed by atoms with Crippen LogP contribution < -0.4 is 16.0 Å². The van der Waals surface area contributed by atoms with Crippen LogP contribution in [-0.4, -0.2) is 66.1 Å². The first-order chi connectivity index (χ1) is 20.5. The summed E-state index contributed by atoms with van der Waals surface area (Å²) in [7, 11) is -4.00. The minimum atomic E-state index is -4.00. The van der Waals surface area contributed by atoms with E-state index in [9.17, 15) is 24.4 Å². The largest absolute Gasteiger partial charge is 0.445 e. The van der Waals surface area contributed by atoms with Crippen LogP contribution in [0.3, 0.4) is 0 Å². The van der Waals surface area contributed by atoms with Crippen molar-refractivity contribution in [1.29, 1.82) is 0 Å². The van der Waals surface area contributed by atoms with E-state index in [4.69, 9.17) is 25.4 Å². The Morgan fingerprint density at radius 3 is 2.23 bits per heavy atom. The Hall–Kier alpha value is -2.50. The lowest BCUT2D eigenvalue weighted by Crippen LogP contribution is -2.56. The summed E-state index contributed by atoms with van der Waals surface area (Å²) in [6.45, 7) is 7.07. The standard InChI is InChI=1S/C30H45ClN3O8P/c1-5-41-43(39,42-6-2)29(37)27(17-21(3)15-16-32-22(4)35)33-28(36)26(19-23-11-8-7-9-12-23)34-30(38)40-20-24-13-10-14-25(31)18-24/h7-14,18,21,26-29,33,36-37H,5-6,15-17,19-20H2,1-4H3,(H,32,35)(H,34,38)/t21?,26-,27-,28?,29?/m0/s1. The molecule has 2 aromatic carbocycles. The third-order valence-corrected chi connectivity index (χ3v) is 9.08. The molecule has 2 rings (SSSR count). The molecule has 0 saturated heterocycles. The molecule has 3 unspecified atom stereocenters. The highest BCUT2D eigenvalue weighted by molar-refractivity contribution is 7.54. The van der Waals surface area contributed by atoms with Crippen molar-refractivity contribution < 1.29 is 38.2 Å². The van der Waals surface area contributed by atoms with Gasteiger partial charge in [0.2, 0.25) is 5.91 Å². The van der Waals surface area contributed by atoms with Crippen LogP contribution in [0, 0.1) is 5.92 Å². The molecule has 0 aliphatic carbocycles. The Morgan fingerprint density at radius 2 is 1.63 bits per heavy atom. The fraction of sp³-hybridized carbons (Fsp3) is 0.533. The Kier molecular flexibility index (Phi) is 16.2. The fourth-order valence-corrected chi connectivity index (χ4v) is 6.47. The van der Waals surface area contributed by atoms with Crippen molar-refractivity contribution in [3.05, 3.63) is 70.7 Å². The summed E-state index contributed by atoms with van der Waals surface area (Å²) >= 11 is 6.03. The summed E-state index contributed by atoms with van der Waals surface area (Å²) in [5.74, 6) is -1.87. The predicted molar refractivity (Wildman–Crippen MR) is 166 cm³/mol. The Bertz CT molecular complexity index is 1170. The molecule has 0 heterocycles. The van der Waals surface area contributed by atoms with E-state index in [1.165, 1.54) is 6.92 Å². The number of halogens is 1. The molecular weight excluding hydrogens is 597 g/mol. The number of hydrogen-bond acceptors (Lipinski definition) is 9. The van der Waals surface area contributed by atoms with Gasteiger partial charge in [0, 0.05) is 24.5 Å². The number of rotatable bonds is 19. The number of alkyl carbamates (subject to hydrolysis) is 1.